The van der Waals surface area contributed by atoms with E-state index in [0.717, 1.165) is 24.7 Å². The molecule has 0 aromatic rings. The molecule has 0 heterocycles. The topological polar surface area (TPSA) is 29.1 Å². The Morgan fingerprint density at radius 3 is 2.64 bits per heavy atom. The number of thioether (sulfide) groups is 1. The number of rotatable bonds is 7. The standard InChI is InChI=1S/C10H20BrNOS/c1-10(2,5-4-6-11)8-12-9(13)7-14-3/h4-8H2,1-3H3,(H,12,13). The van der Waals surface area contributed by atoms with Crippen LogP contribution in [0.3, 0.4) is 0 Å². The van der Waals surface area contributed by atoms with Gasteiger partial charge >= 0.3 is 0 Å². The summed E-state index contributed by atoms with van der Waals surface area (Å²) in [4.78, 5) is 11.2. The molecule has 4 heteroatoms. The highest BCUT2D eigenvalue weighted by molar-refractivity contribution is 9.09. The van der Waals surface area contributed by atoms with E-state index in [1.165, 1.54) is 0 Å². The van der Waals surface area contributed by atoms with Gasteiger partial charge in [-0.2, -0.15) is 11.8 Å². The minimum atomic E-state index is 0.143. The summed E-state index contributed by atoms with van der Waals surface area (Å²) in [6.07, 6.45) is 4.23. The number of hydrogen-bond acceptors (Lipinski definition) is 2. The van der Waals surface area contributed by atoms with E-state index in [9.17, 15) is 4.79 Å². The van der Waals surface area contributed by atoms with Crippen molar-refractivity contribution in [2.75, 3.05) is 23.9 Å². The van der Waals surface area contributed by atoms with Crippen LogP contribution in [0.1, 0.15) is 26.7 Å². The van der Waals surface area contributed by atoms with Crippen LogP contribution in [0.15, 0.2) is 0 Å². The molecule has 1 amide bonds. The Morgan fingerprint density at radius 1 is 1.50 bits per heavy atom. The molecule has 0 fully saturated rings. The number of alkyl halides is 1. The lowest BCUT2D eigenvalue weighted by Gasteiger charge is -2.24. The first kappa shape index (κ1) is 14.3. The SMILES string of the molecule is CSCC(=O)NCC(C)(C)CCCBr. The number of carbonyl (C=O) groups is 1. The molecule has 0 aliphatic carbocycles. The highest BCUT2D eigenvalue weighted by Crippen LogP contribution is 2.21. The molecule has 14 heavy (non-hydrogen) atoms. The molecule has 0 bridgehead atoms. The highest BCUT2D eigenvalue weighted by Gasteiger charge is 2.17. The first-order valence-electron chi connectivity index (χ1n) is 4.83. The summed E-state index contributed by atoms with van der Waals surface area (Å²) >= 11 is 4.97. The lowest BCUT2D eigenvalue weighted by Crippen LogP contribution is -2.35. The normalized spacial score (nSPS) is 11.4. The van der Waals surface area contributed by atoms with Crippen LogP contribution in [0.5, 0.6) is 0 Å². The van der Waals surface area contributed by atoms with Crippen molar-refractivity contribution >= 4 is 33.6 Å². The molecule has 0 aliphatic rings. The number of carbonyl (C=O) groups excluding carboxylic acids is 1. The fourth-order valence-corrected chi connectivity index (χ4v) is 1.80. The first-order chi connectivity index (χ1) is 6.52. The lowest BCUT2D eigenvalue weighted by atomic mass is 9.88. The molecular formula is C10H20BrNOS. The van der Waals surface area contributed by atoms with E-state index >= 15 is 0 Å². The van der Waals surface area contributed by atoms with Crippen molar-refractivity contribution in [3.8, 4) is 0 Å². The van der Waals surface area contributed by atoms with Gasteiger partial charge < -0.3 is 5.32 Å². The van der Waals surface area contributed by atoms with Gasteiger partial charge in [0.25, 0.3) is 0 Å². The minimum Gasteiger partial charge on any atom is -0.355 e. The van der Waals surface area contributed by atoms with E-state index in [1.54, 1.807) is 11.8 Å². The molecule has 0 radical (unpaired) electrons. The molecule has 84 valence electrons. The molecule has 0 spiro atoms. The van der Waals surface area contributed by atoms with Gasteiger partial charge in [0.1, 0.15) is 0 Å². The van der Waals surface area contributed by atoms with Gasteiger partial charge in [-0.3, -0.25) is 4.79 Å². The smallest absolute Gasteiger partial charge is 0.230 e. The molecule has 0 aliphatic heterocycles. The fraction of sp³-hybridized carbons (Fsp3) is 0.900. The Morgan fingerprint density at radius 2 is 2.14 bits per heavy atom. The maximum Gasteiger partial charge on any atom is 0.230 e. The monoisotopic (exact) mass is 281 g/mol. The van der Waals surface area contributed by atoms with E-state index in [1.807, 2.05) is 6.26 Å². The number of halogens is 1. The third-order valence-corrected chi connectivity index (χ3v) is 3.14. The van der Waals surface area contributed by atoms with Crippen molar-refractivity contribution in [1.29, 1.82) is 0 Å². The maximum absolute atomic E-state index is 11.2. The zero-order valence-electron chi connectivity index (χ0n) is 9.23. The second-order valence-electron chi connectivity index (χ2n) is 4.17. The third kappa shape index (κ3) is 7.68. The molecule has 0 atom stereocenters. The lowest BCUT2D eigenvalue weighted by molar-refractivity contribution is -0.119. The third-order valence-electron chi connectivity index (χ3n) is 2.03. The van der Waals surface area contributed by atoms with Gasteiger partial charge in [-0.25, -0.2) is 0 Å². The molecule has 0 unspecified atom stereocenters. The number of hydrogen-bond donors (Lipinski definition) is 1. The summed E-state index contributed by atoms with van der Waals surface area (Å²) in [5, 5.41) is 3.99. The van der Waals surface area contributed by atoms with Crippen molar-refractivity contribution < 1.29 is 4.79 Å². The molecule has 2 nitrogen and oxygen atoms in total. The molecule has 0 rings (SSSR count). The van der Waals surface area contributed by atoms with E-state index in [-0.39, 0.29) is 11.3 Å². The Bertz CT molecular complexity index is 174. The van der Waals surface area contributed by atoms with Crippen LogP contribution >= 0.6 is 27.7 Å². The Balaban J connectivity index is 3.68. The van der Waals surface area contributed by atoms with Crippen LogP contribution in [-0.4, -0.2) is 29.8 Å². The number of nitrogens with one attached hydrogen (secondary N) is 1. The first-order valence-corrected chi connectivity index (χ1v) is 7.35. The zero-order chi connectivity index (χ0) is 11.0. The quantitative estimate of drug-likeness (QED) is 0.727. The van der Waals surface area contributed by atoms with Gasteiger partial charge in [-0.05, 0) is 24.5 Å². The van der Waals surface area contributed by atoms with Crippen LogP contribution in [0, 0.1) is 5.41 Å². The van der Waals surface area contributed by atoms with Gasteiger partial charge in [-0.15, -0.1) is 0 Å². The zero-order valence-corrected chi connectivity index (χ0v) is 11.6. The van der Waals surface area contributed by atoms with Crippen molar-refractivity contribution in [3.05, 3.63) is 0 Å². The van der Waals surface area contributed by atoms with Gasteiger partial charge in [0.2, 0.25) is 5.91 Å². The fourth-order valence-electron chi connectivity index (χ4n) is 1.15. The summed E-state index contributed by atoms with van der Waals surface area (Å²) in [5.74, 6) is 0.707. The Kier molecular flexibility index (Phi) is 7.74. The summed E-state index contributed by atoms with van der Waals surface area (Å²) < 4.78 is 0. The second-order valence-corrected chi connectivity index (χ2v) is 5.83. The molecular weight excluding hydrogens is 262 g/mol. The summed E-state index contributed by atoms with van der Waals surface area (Å²) in [6, 6.07) is 0. The predicted molar refractivity (Wildman–Crippen MR) is 68.2 cm³/mol. The van der Waals surface area contributed by atoms with E-state index < -0.39 is 0 Å². The molecule has 0 aromatic heterocycles. The molecule has 0 saturated heterocycles. The second kappa shape index (κ2) is 7.57. The van der Waals surface area contributed by atoms with Crippen molar-refractivity contribution in [1.82, 2.24) is 5.32 Å². The van der Waals surface area contributed by atoms with Gasteiger partial charge in [0.15, 0.2) is 0 Å². The van der Waals surface area contributed by atoms with Crippen LogP contribution in [0.2, 0.25) is 0 Å². The molecule has 1 N–H and O–H groups in total. The molecule has 0 saturated carbocycles. The van der Waals surface area contributed by atoms with E-state index in [4.69, 9.17) is 0 Å². The molecule has 0 aromatic carbocycles. The van der Waals surface area contributed by atoms with Crippen molar-refractivity contribution in [2.24, 2.45) is 5.41 Å². The largest absolute Gasteiger partial charge is 0.355 e. The van der Waals surface area contributed by atoms with E-state index in [2.05, 4.69) is 35.1 Å². The highest BCUT2D eigenvalue weighted by atomic mass is 79.9. The van der Waals surface area contributed by atoms with Gasteiger partial charge in [0, 0.05) is 11.9 Å². The van der Waals surface area contributed by atoms with Gasteiger partial charge in [-0.1, -0.05) is 29.8 Å². The van der Waals surface area contributed by atoms with E-state index in [0.29, 0.717) is 5.75 Å². The van der Waals surface area contributed by atoms with Crippen molar-refractivity contribution in [3.63, 3.8) is 0 Å². The summed E-state index contributed by atoms with van der Waals surface area (Å²) in [5.41, 5.74) is 0.210. The Hall–Kier alpha value is 0.300. The van der Waals surface area contributed by atoms with Crippen molar-refractivity contribution in [2.45, 2.75) is 26.7 Å². The summed E-state index contributed by atoms with van der Waals surface area (Å²) in [7, 11) is 0. The van der Waals surface area contributed by atoms with Crippen LogP contribution < -0.4 is 5.32 Å². The average Bonchev–Trinajstić information content (AvgIpc) is 2.13. The number of amides is 1. The van der Waals surface area contributed by atoms with Crippen LogP contribution in [0.25, 0.3) is 0 Å². The maximum atomic E-state index is 11.2. The summed E-state index contributed by atoms with van der Waals surface area (Å²) in [6.45, 7) is 5.16. The van der Waals surface area contributed by atoms with Gasteiger partial charge in [0.05, 0.1) is 5.75 Å². The van der Waals surface area contributed by atoms with Crippen LogP contribution in [-0.2, 0) is 4.79 Å². The minimum absolute atomic E-state index is 0.143. The average molecular weight is 282 g/mol. The Labute approximate surface area is 99.7 Å². The van der Waals surface area contributed by atoms with Crippen LogP contribution in [0.4, 0.5) is 0 Å². The predicted octanol–water partition coefficient (Wildman–Crippen LogP) is 2.67.